The Kier molecular flexibility index (Phi) is 4.16. The van der Waals surface area contributed by atoms with Gasteiger partial charge in [-0.05, 0) is 51.0 Å². The smallest absolute Gasteiger partial charge is 0.291 e. The van der Waals surface area contributed by atoms with Crippen molar-refractivity contribution in [2.45, 2.75) is 39.1 Å². The average molecular weight is 360 g/mol. The third-order valence-corrected chi connectivity index (χ3v) is 5.44. The van der Waals surface area contributed by atoms with Crippen molar-refractivity contribution in [1.29, 1.82) is 0 Å². The summed E-state index contributed by atoms with van der Waals surface area (Å²) < 4.78 is 30.9. The maximum atomic E-state index is 12.8. The quantitative estimate of drug-likeness (QED) is 0.773. The molecule has 0 saturated carbocycles. The van der Waals surface area contributed by atoms with Crippen LogP contribution in [0.3, 0.4) is 0 Å². The number of aryl methyl sites for hydroxylation is 4. The molecule has 0 fully saturated rings. The lowest BCUT2D eigenvalue weighted by molar-refractivity contribution is 0.592. The van der Waals surface area contributed by atoms with Crippen molar-refractivity contribution in [2.75, 3.05) is 4.72 Å². The number of rotatable bonds is 4. The lowest BCUT2D eigenvalue weighted by Crippen LogP contribution is -2.25. The Balaban J connectivity index is 2.12. The van der Waals surface area contributed by atoms with Crippen LogP contribution in [-0.4, -0.2) is 22.6 Å². The number of aromatic nitrogens is 3. The van der Waals surface area contributed by atoms with Crippen LogP contribution in [0, 0.1) is 20.8 Å². The highest BCUT2D eigenvalue weighted by Crippen LogP contribution is 2.22. The normalized spacial score (nSPS) is 11.8. The molecular formula is C17H20N4O3S. The molecule has 0 aliphatic heterocycles. The molecule has 1 aromatic carbocycles. The fraction of sp³-hybridized carbons (Fsp3) is 0.294. The molecule has 0 spiro atoms. The molecule has 0 atom stereocenters. The minimum absolute atomic E-state index is 0.0317. The number of hydrogen-bond acceptors (Lipinski definition) is 4. The highest BCUT2D eigenvalue weighted by atomic mass is 32.2. The van der Waals surface area contributed by atoms with Crippen LogP contribution < -0.4 is 10.3 Å². The molecule has 132 valence electrons. The molecule has 1 N–H and O–H groups in total. The topological polar surface area (TPSA) is 85.5 Å². The van der Waals surface area contributed by atoms with Gasteiger partial charge in [0.1, 0.15) is 16.2 Å². The van der Waals surface area contributed by atoms with Crippen LogP contribution in [0.4, 0.5) is 5.69 Å². The van der Waals surface area contributed by atoms with E-state index in [0.717, 1.165) is 11.1 Å². The van der Waals surface area contributed by atoms with Gasteiger partial charge in [0.05, 0.1) is 5.69 Å². The maximum absolute atomic E-state index is 12.8. The summed E-state index contributed by atoms with van der Waals surface area (Å²) in [6.45, 7) is 7.69. The highest BCUT2D eigenvalue weighted by molar-refractivity contribution is 7.92. The van der Waals surface area contributed by atoms with E-state index in [-0.39, 0.29) is 16.0 Å². The van der Waals surface area contributed by atoms with Crippen LogP contribution in [-0.2, 0) is 16.6 Å². The van der Waals surface area contributed by atoms with E-state index >= 15 is 0 Å². The summed E-state index contributed by atoms with van der Waals surface area (Å²) >= 11 is 0. The molecule has 3 rings (SSSR count). The Bertz CT molecular complexity index is 1130. The van der Waals surface area contributed by atoms with Gasteiger partial charge in [-0.3, -0.25) is 13.9 Å². The minimum atomic E-state index is -3.81. The third kappa shape index (κ3) is 3.05. The van der Waals surface area contributed by atoms with Crippen LogP contribution >= 0.6 is 0 Å². The lowest BCUT2D eigenvalue weighted by Gasteiger charge is -2.10. The fourth-order valence-corrected chi connectivity index (χ4v) is 3.82. The van der Waals surface area contributed by atoms with Crippen LogP contribution in [0.25, 0.3) is 5.52 Å². The van der Waals surface area contributed by atoms with Gasteiger partial charge in [0.25, 0.3) is 15.6 Å². The second kappa shape index (κ2) is 6.03. The second-order valence-electron chi connectivity index (χ2n) is 6.02. The van der Waals surface area contributed by atoms with Gasteiger partial charge >= 0.3 is 0 Å². The molecule has 0 aliphatic rings. The van der Waals surface area contributed by atoms with Gasteiger partial charge in [-0.2, -0.15) is 5.10 Å². The molecule has 8 heteroatoms. The van der Waals surface area contributed by atoms with Crippen molar-refractivity contribution in [1.82, 2.24) is 14.2 Å². The van der Waals surface area contributed by atoms with Crippen LogP contribution in [0.1, 0.15) is 23.9 Å². The Labute approximate surface area is 146 Å². The maximum Gasteiger partial charge on any atom is 0.291 e. The summed E-state index contributed by atoms with van der Waals surface area (Å²) in [4.78, 5) is 12.4. The van der Waals surface area contributed by atoms with Crippen molar-refractivity contribution in [3.63, 3.8) is 0 Å². The first-order valence-electron chi connectivity index (χ1n) is 7.93. The molecule has 7 nitrogen and oxygen atoms in total. The Morgan fingerprint density at radius 1 is 1.16 bits per heavy atom. The molecule has 0 unspecified atom stereocenters. The van der Waals surface area contributed by atoms with Crippen molar-refractivity contribution in [3.8, 4) is 0 Å². The number of sulfonamides is 1. The van der Waals surface area contributed by atoms with E-state index in [1.807, 2.05) is 32.9 Å². The van der Waals surface area contributed by atoms with Crippen LogP contribution in [0.15, 0.2) is 40.2 Å². The highest BCUT2D eigenvalue weighted by Gasteiger charge is 2.20. The van der Waals surface area contributed by atoms with Gasteiger partial charge in [0.2, 0.25) is 0 Å². The molecule has 0 aliphatic carbocycles. The zero-order valence-electron chi connectivity index (χ0n) is 14.6. The molecule has 3 aromatic rings. The monoisotopic (exact) mass is 360 g/mol. The molecule has 0 saturated heterocycles. The van der Waals surface area contributed by atoms with E-state index in [2.05, 4.69) is 9.82 Å². The number of fused-ring (bicyclic) bond motifs is 1. The predicted octanol–water partition coefficient (Wildman–Crippen LogP) is 2.24. The fourth-order valence-electron chi connectivity index (χ4n) is 2.68. The van der Waals surface area contributed by atoms with Crippen LogP contribution in [0.2, 0.25) is 0 Å². The number of nitrogens with one attached hydrogen (secondary N) is 1. The second-order valence-corrected chi connectivity index (χ2v) is 7.71. The molecule has 2 aromatic heterocycles. The van der Waals surface area contributed by atoms with E-state index in [4.69, 9.17) is 0 Å². The first-order valence-corrected chi connectivity index (χ1v) is 9.41. The van der Waals surface area contributed by atoms with Gasteiger partial charge in [-0.1, -0.05) is 12.1 Å². The van der Waals surface area contributed by atoms with Gasteiger partial charge in [0, 0.05) is 12.7 Å². The lowest BCUT2D eigenvalue weighted by atomic mass is 10.1. The Hall–Kier alpha value is -2.61. The predicted molar refractivity (Wildman–Crippen MR) is 96.6 cm³/mol. The summed E-state index contributed by atoms with van der Waals surface area (Å²) in [6, 6.07) is 6.94. The third-order valence-electron chi connectivity index (χ3n) is 4.11. The summed E-state index contributed by atoms with van der Waals surface area (Å²) in [5, 5.41) is 4.18. The molecule has 0 bridgehead atoms. The first-order chi connectivity index (χ1) is 11.7. The Morgan fingerprint density at radius 3 is 2.56 bits per heavy atom. The van der Waals surface area contributed by atoms with Gasteiger partial charge in [-0.15, -0.1) is 0 Å². The summed E-state index contributed by atoms with van der Waals surface area (Å²) in [5.41, 5.74) is 2.27. The van der Waals surface area contributed by atoms with E-state index in [9.17, 15) is 13.2 Å². The van der Waals surface area contributed by atoms with Crippen molar-refractivity contribution in [3.05, 3.63) is 57.8 Å². The molecular weight excluding hydrogens is 340 g/mol. The van der Waals surface area contributed by atoms with E-state index in [0.29, 0.717) is 18.1 Å². The minimum Gasteiger partial charge on any atom is -0.298 e. The van der Waals surface area contributed by atoms with E-state index in [1.165, 1.54) is 21.3 Å². The van der Waals surface area contributed by atoms with Gasteiger partial charge in [0.15, 0.2) is 0 Å². The zero-order chi connectivity index (χ0) is 18.4. The summed E-state index contributed by atoms with van der Waals surface area (Å²) in [6.07, 6.45) is 1.42. The van der Waals surface area contributed by atoms with Crippen molar-refractivity contribution < 1.29 is 8.42 Å². The van der Waals surface area contributed by atoms with Gasteiger partial charge < -0.3 is 0 Å². The average Bonchev–Trinajstić information content (AvgIpc) is 3.01. The first kappa shape index (κ1) is 17.2. The molecule has 2 heterocycles. The zero-order valence-corrected chi connectivity index (χ0v) is 15.4. The number of nitrogens with zero attached hydrogens (tertiary/aromatic N) is 3. The number of hydrogen-bond donors (Lipinski definition) is 1. The summed E-state index contributed by atoms with van der Waals surface area (Å²) in [7, 11) is -3.81. The van der Waals surface area contributed by atoms with Gasteiger partial charge in [-0.25, -0.2) is 13.1 Å². The Morgan fingerprint density at radius 2 is 1.88 bits per heavy atom. The standard InChI is InChI=1S/C17H20N4O3S/c1-5-21-17(22)16-9-14(10-20(16)13(4)18-21)25(23,24)19-15-8-11(2)6-7-12(15)3/h6-10,19H,5H2,1-4H3. The van der Waals surface area contributed by atoms with Crippen molar-refractivity contribution >= 4 is 21.2 Å². The van der Waals surface area contributed by atoms with Crippen molar-refractivity contribution in [2.24, 2.45) is 0 Å². The summed E-state index contributed by atoms with van der Waals surface area (Å²) in [5.74, 6) is 0.546. The van der Waals surface area contributed by atoms with Crippen LogP contribution in [0.5, 0.6) is 0 Å². The molecule has 25 heavy (non-hydrogen) atoms. The number of benzene rings is 1. The SMILES string of the molecule is CCn1nc(C)n2cc(S(=O)(=O)Nc3cc(C)ccc3C)cc2c1=O. The number of anilines is 1. The van der Waals surface area contributed by atoms with E-state index in [1.54, 1.807) is 13.0 Å². The molecule has 0 amide bonds. The largest absolute Gasteiger partial charge is 0.298 e. The molecule has 0 radical (unpaired) electrons. The van der Waals surface area contributed by atoms with E-state index < -0.39 is 10.0 Å².